The van der Waals surface area contributed by atoms with Crippen LogP contribution in [-0.2, 0) is 9.53 Å². The van der Waals surface area contributed by atoms with Crippen LogP contribution in [0.2, 0.25) is 0 Å². The molecule has 138 valence electrons. The van der Waals surface area contributed by atoms with Crippen LogP contribution in [0.25, 0.3) is 0 Å². The summed E-state index contributed by atoms with van der Waals surface area (Å²) >= 11 is 0. The second-order valence-corrected chi connectivity index (χ2v) is 5.63. The molecule has 0 spiro atoms. The Labute approximate surface area is 153 Å². The lowest BCUT2D eigenvalue weighted by molar-refractivity contribution is -0.143. The number of hydrogen-bond acceptors (Lipinski definition) is 5. The monoisotopic (exact) mass is 356 g/mol. The zero-order valence-corrected chi connectivity index (χ0v) is 15.1. The summed E-state index contributed by atoms with van der Waals surface area (Å²) in [4.78, 5) is 23.9. The van der Waals surface area contributed by atoms with E-state index < -0.39 is 0 Å². The molecule has 0 aliphatic carbocycles. The number of carbonyl (C=O) groups excluding carboxylic acids is 2. The number of methoxy groups -OCH3 is 1. The number of anilines is 2. The molecule has 2 aromatic carbocycles. The third kappa shape index (κ3) is 5.81. The van der Waals surface area contributed by atoms with E-state index in [1.165, 1.54) is 0 Å². The lowest BCUT2D eigenvalue weighted by Gasteiger charge is -2.12. The highest BCUT2D eigenvalue weighted by atomic mass is 16.5. The average molecular weight is 356 g/mol. The molecule has 0 aliphatic rings. The number of para-hydroxylation sites is 1. The van der Waals surface area contributed by atoms with Gasteiger partial charge in [-0.25, -0.2) is 0 Å². The van der Waals surface area contributed by atoms with Crippen LogP contribution in [0.15, 0.2) is 48.5 Å². The van der Waals surface area contributed by atoms with E-state index in [2.05, 4.69) is 10.6 Å². The molecule has 0 aromatic heterocycles. The maximum absolute atomic E-state index is 12.4. The Morgan fingerprint density at radius 3 is 2.46 bits per heavy atom. The fourth-order valence-electron chi connectivity index (χ4n) is 2.28. The van der Waals surface area contributed by atoms with E-state index in [1.807, 2.05) is 43.3 Å². The molecule has 0 bridgehead atoms. The van der Waals surface area contributed by atoms with Crippen LogP contribution in [-0.4, -0.2) is 32.1 Å². The lowest BCUT2D eigenvalue weighted by atomic mass is 10.1. The Balaban J connectivity index is 1.96. The van der Waals surface area contributed by atoms with Gasteiger partial charge in [-0.1, -0.05) is 19.1 Å². The Morgan fingerprint density at radius 1 is 1.04 bits per heavy atom. The first-order chi connectivity index (χ1) is 12.6. The molecule has 0 unspecified atom stereocenters. The normalized spacial score (nSPS) is 10.1. The first-order valence-electron chi connectivity index (χ1n) is 8.58. The topological polar surface area (TPSA) is 76.7 Å². The average Bonchev–Trinajstić information content (AvgIpc) is 2.67. The maximum Gasteiger partial charge on any atom is 0.307 e. The van der Waals surface area contributed by atoms with Gasteiger partial charge in [0.15, 0.2) is 0 Å². The van der Waals surface area contributed by atoms with Gasteiger partial charge in [0.25, 0.3) is 5.91 Å². The predicted octanol–water partition coefficient (Wildman–Crippen LogP) is 3.51. The molecule has 0 aliphatic heterocycles. The van der Waals surface area contributed by atoms with Crippen molar-refractivity contribution in [2.24, 2.45) is 0 Å². The van der Waals surface area contributed by atoms with Crippen molar-refractivity contribution in [2.75, 3.05) is 25.6 Å². The van der Waals surface area contributed by atoms with E-state index in [1.54, 1.807) is 19.2 Å². The van der Waals surface area contributed by atoms with Gasteiger partial charge in [-0.15, -0.1) is 0 Å². The van der Waals surface area contributed by atoms with E-state index >= 15 is 0 Å². The Kier molecular flexibility index (Phi) is 7.49. The second kappa shape index (κ2) is 10.1. The highest BCUT2D eigenvalue weighted by molar-refractivity contribution is 6.00. The molecule has 6 heteroatoms. The van der Waals surface area contributed by atoms with Crippen molar-refractivity contribution in [1.82, 2.24) is 5.32 Å². The minimum atomic E-state index is -0.309. The van der Waals surface area contributed by atoms with E-state index in [9.17, 15) is 9.59 Å². The number of amides is 1. The molecular formula is C20H24N2O4. The van der Waals surface area contributed by atoms with Crippen molar-refractivity contribution in [2.45, 2.75) is 19.8 Å². The van der Waals surface area contributed by atoms with Gasteiger partial charge >= 0.3 is 5.97 Å². The van der Waals surface area contributed by atoms with Gasteiger partial charge in [0.05, 0.1) is 31.4 Å². The van der Waals surface area contributed by atoms with Gasteiger partial charge in [-0.2, -0.15) is 0 Å². The minimum Gasteiger partial charge on any atom is -0.497 e. The Morgan fingerprint density at radius 2 is 1.77 bits per heavy atom. The summed E-state index contributed by atoms with van der Waals surface area (Å²) in [7, 11) is 1.61. The second-order valence-electron chi connectivity index (χ2n) is 5.63. The fraction of sp³-hybridized carbons (Fsp3) is 0.300. The van der Waals surface area contributed by atoms with Crippen LogP contribution < -0.4 is 15.4 Å². The van der Waals surface area contributed by atoms with Crippen molar-refractivity contribution >= 4 is 23.3 Å². The van der Waals surface area contributed by atoms with Gasteiger partial charge in [0.2, 0.25) is 0 Å². The largest absolute Gasteiger partial charge is 0.497 e. The third-order valence-electron chi connectivity index (χ3n) is 3.62. The smallest absolute Gasteiger partial charge is 0.307 e. The summed E-state index contributed by atoms with van der Waals surface area (Å²) in [6.45, 7) is 2.57. The molecule has 26 heavy (non-hydrogen) atoms. The molecule has 2 aromatic rings. The van der Waals surface area contributed by atoms with E-state index in [4.69, 9.17) is 9.47 Å². The van der Waals surface area contributed by atoms with Crippen molar-refractivity contribution < 1.29 is 19.1 Å². The quantitative estimate of drug-likeness (QED) is 0.673. The molecular weight excluding hydrogens is 332 g/mol. The van der Waals surface area contributed by atoms with Crippen molar-refractivity contribution in [3.05, 3.63) is 54.1 Å². The van der Waals surface area contributed by atoms with Crippen molar-refractivity contribution in [3.8, 4) is 5.75 Å². The number of benzene rings is 2. The number of ether oxygens (including phenoxy) is 2. The Bertz CT molecular complexity index is 729. The maximum atomic E-state index is 12.4. The molecule has 6 nitrogen and oxygen atoms in total. The van der Waals surface area contributed by atoms with E-state index in [0.717, 1.165) is 17.9 Å². The molecule has 0 fully saturated rings. The zero-order valence-electron chi connectivity index (χ0n) is 15.1. The summed E-state index contributed by atoms with van der Waals surface area (Å²) in [5.74, 6) is 0.207. The SMILES string of the molecule is CCCOC(=O)CCNC(=O)c1ccccc1Nc1ccc(OC)cc1. The van der Waals surface area contributed by atoms with Crippen LogP contribution in [0.3, 0.4) is 0 Å². The molecule has 0 saturated heterocycles. The Hall–Kier alpha value is -3.02. The zero-order chi connectivity index (χ0) is 18.8. The molecule has 1 amide bonds. The van der Waals surface area contributed by atoms with Gasteiger partial charge in [0.1, 0.15) is 5.75 Å². The standard InChI is InChI=1S/C20H24N2O4/c1-3-14-26-19(23)12-13-21-20(24)17-6-4-5-7-18(17)22-15-8-10-16(25-2)11-9-15/h4-11,22H,3,12-14H2,1-2H3,(H,21,24). The number of esters is 1. The first-order valence-corrected chi connectivity index (χ1v) is 8.58. The molecule has 0 atom stereocenters. The molecule has 2 rings (SSSR count). The van der Waals surface area contributed by atoms with Gasteiger partial charge in [-0.05, 0) is 42.8 Å². The van der Waals surface area contributed by atoms with Crippen LogP contribution in [0.4, 0.5) is 11.4 Å². The van der Waals surface area contributed by atoms with Crippen LogP contribution >= 0.6 is 0 Å². The van der Waals surface area contributed by atoms with Crippen molar-refractivity contribution in [3.63, 3.8) is 0 Å². The van der Waals surface area contributed by atoms with E-state index in [0.29, 0.717) is 17.9 Å². The van der Waals surface area contributed by atoms with Gasteiger partial charge in [-0.3, -0.25) is 9.59 Å². The van der Waals surface area contributed by atoms with Crippen LogP contribution in [0, 0.1) is 0 Å². The summed E-state index contributed by atoms with van der Waals surface area (Å²) in [6, 6.07) is 14.6. The van der Waals surface area contributed by atoms with Gasteiger partial charge in [0, 0.05) is 12.2 Å². The lowest BCUT2D eigenvalue weighted by Crippen LogP contribution is -2.27. The molecule has 0 saturated carbocycles. The highest BCUT2D eigenvalue weighted by Crippen LogP contribution is 2.22. The van der Waals surface area contributed by atoms with Crippen LogP contribution in [0.5, 0.6) is 5.75 Å². The summed E-state index contributed by atoms with van der Waals surface area (Å²) in [6.07, 6.45) is 0.933. The number of nitrogens with one attached hydrogen (secondary N) is 2. The molecule has 0 heterocycles. The van der Waals surface area contributed by atoms with Crippen molar-refractivity contribution in [1.29, 1.82) is 0 Å². The third-order valence-corrected chi connectivity index (χ3v) is 3.62. The van der Waals surface area contributed by atoms with E-state index in [-0.39, 0.29) is 24.8 Å². The predicted molar refractivity (Wildman–Crippen MR) is 101 cm³/mol. The minimum absolute atomic E-state index is 0.153. The van der Waals surface area contributed by atoms with Gasteiger partial charge < -0.3 is 20.1 Å². The summed E-state index contributed by atoms with van der Waals surface area (Å²) in [5, 5.41) is 5.97. The first kappa shape index (κ1) is 19.3. The molecule has 0 radical (unpaired) electrons. The number of carbonyl (C=O) groups is 2. The fourth-order valence-corrected chi connectivity index (χ4v) is 2.28. The summed E-state index contributed by atoms with van der Waals surface area (Å²) in [5.41, 5.74) is 2.03. The number of hydrogen-bond donors (Lipinski definition) is 2. The number of rotatable bonds is 9. The van der Waals surface area contributed by atoms with Crippen LogP contribution in [0.1, 0.15) is 30.1 Å². The summed E-state index contributed by atoms with van der Waals surface area (Å²) < 4.78 is 10.1. The molecule has 2 N–H and O–H groups in total. The highest BCUT2D eigenvalue weighted by Gasteiger charge is 2.12.